The number of carbonyl (C=O) groups excluding carboxylic acids is 1. The fourth-order valence-electron chi connectivity index (χ4n) is 3.59. The van der Waals surface area contributed by atoms with E-state index >= 15 is 0 Å². The summed E-state index contributed by atoms with van der Waals surface area (Å²) in [5.74, 6) is 2.04. The first-order chi connectivity index (χ1) is 14.2. The maximum absolute atomic E-state index is 12.5. The van der Waals surface area contributed by atoms with E-state index in [1.807, 2.05) is 37.3 Å². The summed E-state index contributed by atoms with van der Waals surface area (Å²) in [5, 5.41) is 15.8. The van der Waals surface area contributed by atoms with Gasteiger partial charge in [0.25, 0.3) is 11.7 Å². The van der Waals surface area contributed by atoms with Crippen LogP contribution in [0.4, 0.5) is 5.69 Å². The molecule has 9 nitrogen and oxygen atoms in total. The molecule has 0 saturated carbocycles. The Kier molecular flexibility index (Phi) is 4.27. The van der Waals surface area contributed by atoms with Crippen molar-refractivity contribution in [3.63, 3.8) is 0 Å². The van der Waals surface area contributed by atoms with Gasteiger partial charge in [0.05, 0.1) is 0 Å². The van der Waals surface area contributed by atoms with Crippen LogP contribution in [0.25, 0.3) is 17.2 Å². The fourth-order valence-corrected chi connectivity index (χ4v) is 3.59. The van der Waals surface area contributed by atoms with Gasteiger partial charge in [-0.2, -0.15) is 4.98 Å². The van der Waals surface area contributed by atoms with Crippen LogP contribution < -0.4 is 5.32 Å². The summed E-state index contributed by atoms with van der Waals surface area (Å²) < 4.78 is 3.76. The van der Waals surface area contributed by atoms with Crippen LogP contribution in [0.15, 0.2) is 36.5 Å². The Bertz CT molecular complexity index is 1190. The molecular formula is C20H20N8O. The number of aromatic nitrogens is 7. The van der Waals surface area contributed by atoms with Crippen LogP contribution in [0, 0.1) is 6.92 Å². The molecule has 0 bridgehead atoms. The van der Waals surface area contributed by atoms with Gasteiger partial charge in [-0.3, -0.25) is 4.79 Å². The lowest BCUT2D eigenvalue weighted by Crippen LogP contribution is -2.14. The molecular weight excluding hydrogens is 368 g/mol. The third-order valence-electron chi connectivity index (χ3n) is 5.14. The molecule has 146 valence electrons. The SMILES string of the molecule is Cc1ccnc2nc(C(=O)Nc3ccc(-c4nnc5n4CCCCC5)cc3)nn12. The van der Waals surface area contributed by atoms with E-state index in [0.717, 1.165) is 48.7 Å². The van der Waals surface area contributed by atoms with Crippen molar-refractivity contribution in [1.82, 2.24) is 34.3 Å². The number of benzene rings is 1. The van der Waals surface area contributed by atoms with Crippen molar-refractivity contribution < 1.29 is 4.79 Å². The van der Waals surface area contributed by atoms with Gasteiger partial charge in [0.15, 0.2) is 5.82 Å². The quantitative estimate of drug-likeness (QED) is 0.579. The summed E-state index contributed by atoms with van der Waals surface area (Å²) in [4.78, 5) is 20.9. The van der Waals surface area contributed by atoms with Crippen molar-refractivity contribution in [1.29, 1.82) is 0 Å². The van der Waals surface area contributed by atoms with Gasteiger partial charge < -0.3 is 9.88 Å². The molecule has 4 heterocycles. The van der Waals surface area contributed by atoms with Crippen molar-refractivity contribution in [3.05, 3.63) is 53.9 Å². The minimum absolute atomic E-state index is 0.0821. The van der Waals surface area contributed by atoms with Gasteiger partial charge >= 0.3 is 0 Å². The number of carbonyl (C=O) groups is 1. The van der Waals surface area contributed by atoms with E-state index in [2.05, 4.69) is 35.1 Å². The number of amides is 1. The lowest BCUT2D eigenvalue weighted by atomic mass is 10.2. The summed E-state index contributed by atoms with van der Waals surface area (Å²) in [5.41, 5.74) is 2.51. The maximum Gasteiger partial charge on any atom is 0.295 e. The van der Waals surface area contributed by atoms with Gasteiger partial charge in [0.2, 0.25) is 5.82 Å². The van der Waals surface area contributed by atoms with Crippen LogP contribution in [0.3, 0.4) is 0 Å². The van der Waals surface area contributed by atoms with Crippen molar-refractivity contribution >= 4 is 17.4 Å². The maximum atomic E-state index is 12.5. The molecule has 9 heteroatoms. The monoisotopic (exact) mass is 388 g/mol. The number of aryl methyl sites for hydroxylation is 2. The standard InChI is InChI=1S/C20H20N8O/c1-13-10-11-21-20-23-17(26-28(13)20)19(29)22-15-8-6-14(7-9-15)18-25-24-16-5-3-2-4-12-27(16)18/h6-11H,2-5,12H2,1H3,(H,22,29). The highest BCUT2D eigenvalue weighted by Crippen LogP contribution is 2.24. The number of anilines is 1. The third kappa shape index (κ3) is 3.24. The molecule has 0 unspecified atom stereocenters. The highest BCUT2D eigenvalue weighted by Gasteiger charge is 2.17. The number of nitrogens with zero attached hydrogens (tertiary/aromatic N) is 7. The molecule has 5 rings (SSSR count). The van der Waals surface area contributed by atoms with E-state index in [-0.39, 0.29) is 11.7 Å². The molecule has 0 radical (unpaired) electrons. The highest BCUT2D eigenvalue weighted by atomic mass is 16.2. The second-order valence-corrected chi connectivity index (χ2v) is 7.17. The van der Waals surface area contributed by atoms with Gasteiger partial charge in [-0.15, -0.1) is 15.3 Å². The van der Waals surface area contributed by atoms with E-state index in [0.29, 0.717) is 11.5 Å². The zero-order valence-corrected chi connectivity index (χ0v) is 16.0. The lowest BCUT2D eigenvalue weighted by molar-refractivity contribution is 0.101. The largest absolute Gasteiger partial charge is 0.319 e. The predicted molar refractivity (Wildman–Crippen MR) is 106 cm³/mol. The molecule has 4 aromatic rings. The first-order valence-electron chi connectivity index (χ1n) is 9.71. The summed E-state index contributed by atoms with van der Waals surface area (Å²) in [7, 11) is 0. The molecule has 1 aromatic carbocycles. The normalized spacial score (nSPS) is 13.8. The van der Waals surface area contributed by atoms with Crippen LogP contribution in [-0.2, 0) is 13.0 Å². The average Bonchev–Trinajstić information content (AvgIpc) is 3.27. The third-order valence-corrected chi connectivity index (χ3v) is 5.14. The van der Waals surface area contributed by atoms with E-state index in [4.69, 9.17) is 0 Å². The smallest absolute Gasteiger partial charge is 0.295 e. The number of hydrogen-bond donors (Lipinski definition) is 1. The van der Waals surface area contributed by atoms with Gasteiger partial charge in [0, 0.05) is 36.1 Å². The number of nitrogens with one attached hydrogen (secondary N) is 1. The molecule has 0 saturated heterocycles. The number of hydrogen-bond acceptors (Lipinski definition) is 6. The second-order valence-electron chi connectivity index (χ2n) is 7.17. The van der Waals surface area contributed by atoms with E-state index in [1.165, 1.54) is 6.42 Å². The van der Waals surface area contributed by atoms with Crippen LogP contribution >= 0.6 is 0 Å². The van der Waals surface area contributed by atoms with Gasteiger partial charge in [-0.25, -0.2) is 9.50 Å². The van der Waals surface area contributed by atoms with Crippen molar-refractivity contribution in [2.24, 2.45) is 0 Å². The molecule has 29 heavy (non-hydrogen) atoms. The summed E-state index contributed by atoms with van der Waals surface area (Å²) in [6, 6.07) is 9.41. The number of fused-ring (bicyclic) bond motifs is 2. The number of rotatable bonds is 3. The molecule has 0 fully saturated rings. The second kappa shape index (κ2) is 7.08. The minimum Gasteiger partial charge on any atom is -0.319 e. The van der Waals surface area contributed by atoms with Crippen molar-refractivity contribution in [2.45, 2.75) is 39.2 Å². The molecule has 0 spiro atoms. The Morgan fingerprint density at radius 3 is 2.76 bits per heavy atom. The molecule has 1 amide bonds. The van der Waals surface area contributed by atoms with E-state index in [1.54, 1.807) is 10.7 Å². The summed E-state index contributed by atoms with van der Waals surface area (Å²) >= 11 is 0. The Morgan fingerprint density at radius 2 is 1.93 bits per heavy atom. The Labute approximate surface area is 166 Å². The topological polar surface area (TPSA) is 103 Å². The summed E-state index contributed by atoms with van der Waals surface area (Å²) in [6.07, 6.45) is 6.15. The zero-order chi connectivity index (χ0) is 19.8. The van der Waals surface area contributed by atoms with Gasteiger partial charge in [-0.05, 0) is 50.1 Å². The minimum atomic E-state index is -0.376. The predicted octanol–water partition coefficient (Wildman–Crippen LogP) is 2.67. The zero-order valence-electron chi connectivity index (χ0n) is 16.0. The first kappa shape index (κ1) is 17.5. The Hall–Kier alpha value is -3.62. The van der Waals surface area contributed by atoms with Crippen LogP contribution in [0.5, 0.6) is 0 Å². The molecule has 1 aliphatic heterocycles. The Morgan fingerprint density at radius 1 is 1.07 bits per heavy atom. The molecule has 1 N–H and O–H groups in total. The fraction of sp³-hybridized carbons (Fsp3) is 0.300. The van der Waals surface area contributed by atoms with E-state index in [9.17, 15) is 4.79 Å². The molecule has 0 aliphatic carbocycles. The Balaban J connectivity index is 1.36. The molecule has 3 aromatic heterocycles. The van der Waals surface area contributed by atoms with Crippen LogP contribution in [-0.4, -0.2) is 40.3 Å². The molecule has 0 atom stereocenters. The van der Waals surface area contributed by atoms with Gasteiger partial charge in [0.1, 0.15) is 5.82 Å². The first-order valence-corrected chi connectivity index (χ1v) is 9.71. The average molecular weight is 388 g/mol. The van der Waals surface area contributed by atoms with E-state index < -0.39 is 0 Å². The van der Waals surface area contributed by atoms with Gasteiger partial charge in [-0.1, -0.05) is 6.42 Å². The van der Waals surface area contributed by atoms with Crippen LogP contribution in [0.1, 0.15) is 41.4 Å². The molecule has 1 aliphatic rings. The van der Waals surface area contributed by atoms with Crippen LogP contribution in [0.2, 0.25) is 0 Å². The lowest BCUT2D eigenvalue weighted by Gasteiger charge is -2.08. The van der Waals surface area contributed by atoms with Crippen molar-refractivity contribution in [3.8, 4) is 11.4 Å². The highest BCUT2D eigenvalue weighted by molar-refractivity contribution is 6.01. The van der Waals surface area contributed by atoms with Crippen molar-refractivity contribution in [2.75, 3.05) is 5.32 Å². The summed E-state index contributed by atoms with van der Waals surface area (Å²) in [6.45, 7) is 2.83.